The van der Waals surface area contributed by atoms with Crippen molar-refractivity contribution in [2.45, 2.75) is 17.9 Å². The maximum Gasteiger partial charge on any atom is 0.254 e. The van der Waals surface area contributed by atoms with E-state index in [-0.39, 0.29) is 27.7 Å². The fourth-order valence-corrected chi connectivity index (χ4v) is 8.24. The van der Waals surface area contributed by atoms with Crippen molar-refractivity contribution < 1.29 is 22.7 Å². The maximum absolute atomic E-state index is 13.6. The minimum atomic E-state index is -3.78. The van der Waals surface area contributed by atoms with Gasteiger partial charge in [0.05, 0.1) is 35.1 Å². The minimum absolute atomic E-state index is 0.120. The third kappa shape index (κ3) is 7.67. The molecule has 4 aromatic carbocycles. The first-order valence-corrected chi connectivity index (χ1v) is 19.2. The van der Waals surface area contributed by atoms with Crippen LogP contribution in [0.5, 0.6) is 5.75 Å². The van der Waals surface area contributed by atoms with Gasteiger partial charge in [-0.15, -0.1) is 0 Å². The zero-order valence-corrected chi connectivity index (χ0v) is 31.3. The van der Waals surface area contributed by atoms with Gasteiger partial charge < -0.3 is 30.5 Å². The van der Waals surface area contributed by atoms with Gasteiger partial charge in [-0.05, 0) is 60.0 Å². The summed E-state index contributed by atoms with van der Waals surface area (Å²) >= 11 is 6.42. The van der Waals surface area contributed by atoms with Gasteiger partial charge >= 0.3 is 0 Å². The number of methoxy groups -OCH3 is 1. The van der Waals surface area contributed by atoms with Gasteiger partial charge in [-0.1, -0.05) is 54.1 Å². The molecule has 0 bridgehead atoms. The van der Waals surface area contributed by atoms with Crippen LogP contribution in [0.3, 0.4) is 0 Å². The molecule has 2 aliphatic heterocycles. The summed E-state index contributed by atoms with van der Waals surface area (Å²) in [5.41, 5.74) is 5.01. The topological polar surface area (TPSA) is 149 Å². The largest absolute Gasteiger partial charge is 0.494 e. The number of anilines is 5. The molecular formula is C39H39ClN8O5S. The lowest BCUT2D eigenvalue weighted by atomic mass is 10.0. The van der Waals surface area contributed by atoms with E-state index in [0.29, 0.717) is 79.8 Å². The normalized spacial score (nSPS) is 14.6. The van der Waals surface area contributed by atoms with Gasteiger partial charge in [-0.2, -0.15) is 9.29 Å². The first kappa shape index (κ1) is 36.6. The third-order valence-electron chi connectivity index (χ3n) is 9.57. The smallest absolute Gasteiger partial charge is 0.254 e. The molecule has 3 N–H and O–H groups in total. The molecule has 2 aliphatic rings. The Morgan fingerprint density at radius 3 is 2.37 bits per heavy atom. The zero-order chi connectivity index (χ0) is 37.8. The van der Waals surface area contributed by atoms with E-state index < -0.39 is 10.0 Å². The molecular weight excluding hydrogens is 728 g/mol. The van der Waals surface area contributed by atoms with E-state index in [4.69, 9.17) is 16.3 Å². The maximum atomic E-state index is 13.6. The molecule has 0 unspecified atom stereocenters. The van der Waals surface area contributed by atoms with Crippen LogP contribution >= 0.6 is 11.6 Å². The molecule has 0 spiro atoms. The second-order valence-electron chi connectivity index (χ2n) is 12.8. The van der Waals surface area contributed by atoms with Crippen molar-refractivity contribution in [1.82, 2.24) is 24.5 Å². The number of piperazine rings is 1. The summed E-state index contributed by atoms with van der Waals surface area (Å²) in [5, 5.41) is 9.23. The van der Waals surface area contributed by atoms with E-state index in [9.17, 15) is 18.0 Å². The fourth-order valence-electron chi connectivity index (χ4n) is 6.63. The Kier molecular flexibility index (Phi) is 10.7. The second kappa shape index (κ2) is 15.7. The highest BCUT2D eigenvalue weighted by atomic mass is 35.5. The number of ether oxygens (including phenoxy) is 1. The molecule has 2 amide bonds. The van der Waals surface area contributed by atoms with Crippen molar-refractivity contribution >= 4 is 62.3 Å². The predicted octanol–water partition coefficient (Wildman–Crippen LogP) is 5.69. The molecule has 54 heavy (non-hydrogen) atoms. The number of halogens is 1. The number of carbonyl (C=O) groups excluding carboxylic acids is 2. The van der Waals surface area contributed by atoms with Gasteiger partial charge in [0, 0.05) is 63.6 Å². The van der Waals surface area contributed by atoms with Crippen molar-refractivity contribution in [2.75, 3.05) is 62.4 Å². The molecule has 7 rings (SSSR count). The Morgan fingerprint density at radius 1 is 0.833 bits per heavy atom. The van der Waals surface area contributed by atoms with Gasteiger partial charge in [0.25, 0.3) is 11.8 Å². The van der Waals surface area contributed by atoms with Crippen molar-refractivity contribution in [1.29, 1.82) is 0 Å². The number of para-hydroxylation sites is 1. The van der Waals surface area contributed by atoms with Crippen molar-refractivity contribution in [3.8, 4) is 5.75 Å². The molecule has 0 radical (unpaired) electrons. The molecule has 1 aromatic heterocycles. The highest BCUT2D eigenvalue weighted by Gasteiger charge is 2.30. The van der Waals surface area contributed by atoms with E-state index in [2.05, 4.69) is 30.8 Å². The summed E-state index contributed by atoms with van der Waals surface area (Å²) < 4.78 is 34.4. The van der Waals surface area contributed by atoms with Crippen molar-refractivity contribution in [3.05, 3.63) is 124 Å². The van der Waals surface area contributed by atoms with E-state index in [1.165, 1.54) is 16.6 Å². The lowest BCUT2D eigenvalue weighted by molar-refractivity contribution is 0.0746. The molecule has 1 fully saturated rings. The van der Waals surface area contributed by atoms with Crippen LogP contribution in [0, 0.1) is 0 Å². The van der Waals surface area contributed by atoms with Gasteiger partial charge in [0.1, 0.15) is 10.8 Å². The first-order chi connectivity index (χ1) is 26.1. The Bertz CT molecular complexity index is 2320. The van der Waals surface area contributed by atoms with Crippen LogP contribution in [0.15, 0.2) is 102 Å². The molecule has 5 aromatic rings. The summed E-state index contributed by atoms with van der Waals surface area (Å²) in [6.07, 6.45) is 2.11. The molecule has 15 heteroatoms. The molecule has 3 heterocycles. The zero-order valence-electron chi connectivity index (χ0n) is 29.8. The number of rotatable bonds is 10. The number of sulfonamides is 1. The van der Waals surface area contributed by atoms with E-state index >= 15 is 0 Å². The molecule has 278 valence electrons. The Balaban J connectivity index is 0.994. The highest BCUT2D eigenvalue weighted by molar-refractivity contribution is 7.89. The number of nitrogens with zero attached hydrogens (tertiary/aromatic N) is 5. The summed E-state index contributed by atoms with van der Waals surface area (Å²) in [7, 11) is -0.645. The lowest BCUT2D eigenvalue weighted by Crippen LogP contribution is -2.48. The molecule has 13 nitrogen and oxygen atoms in total. The van der Waals surface area contributed by atoms with E-state index in [0.717, 1.165) is 16.8 Å². The molecule has 0 saturated carbocycles. The molecule has 0 atom stereocenters. The Labute approximate surface area is 319 Å². The van der Waals surface area contributed by atoms with E-state index in [1.54, 1.807) is 61.5 Å². The van der Waals surface area contributed by atoms with Crippen LogP contribution in [0.1, 0.15) is 31.8 Å². The van der Waals surface area contributed by atoms with Gasteiger partial charge in [0.15, 0.2) is 5.82 Å². The quantitative estimate of drug-likeness (QED) is 0.162. The summed E-state index contributed by atoms with van der Waals surface area (Å²) in [4.78, 5) is 38.9. The average Bonchev–Trinajstić information content (AvgIpc) is 3.21. The van der Waals surface area contributed by atoms with Gasteiger partial charge in [-0.25, -0.2) is 13.4 Å². The number of hydrogen-bond acceptors (Lipinski definition) is 10. The van der Waals surface area contributed by atoms with Crippen LogP contribution in [-0.4, -0.2) is 86.3 Å². The number of carbonyl (C=O) groups is 2. The monoisotopic (exact) mass is 766 g/mol. The number of aromatic nitrogens is 2. The van der Waals surface area contributed by atoms with Crippen LogP contribution in [0.2, 0.25) is 5.02 Å². The van der Waals surface area contributed by atoms with Crippen LogP contribution in [-0.2, 0) is 23.0 Å². The molecule has 0 aliphatic carbocycles. The highest BCUT2D eigenvalue weighted by Crippen LogP contribution is 2.34. The predicted molar refractivity (Wildman–Crippen MR) is 209 cm³/mol. The Hall–Kier alpha value is -5.70. The van der Waals surface area contributed by atoms with Crippen LogP contribution in [0.25, 0.3) is 0 Å². The van der Waals surface area contributed by atoms with Crippen molar-refractivity contribution in [2.24, 2.45) is 0 Å². The minimum Gasteiger partial charge on any atom is -0.494 e. The standard InChI is InChI=1S/C39H39ClN8O5S/c1-41-37(49)31-12-5-6-13-33(31)43-36-32(40)24-42-39(45-36)44-34-15-14-29(23-35(34)53-2)46-18-20-47(21-19-46)38(50)27-10-7-11-30(22-27)54(51,52)48-17-16-26-8-3-4-9-28(26)25-48/h3-15,22-24H,16-21,25H2,1-2H3,(H,41,49)(H2,42,43,44,45). The van der Waals surface area contributed by atoms with Crippen LogP contribution < -0.4 is 25.6 Å². The first-order valence-electron chi connectivity index (χ1n) is 17.4. The summed E-state index contributed by atoms with van der Waals surface area (Å²) in [6, 6.07) is 27.0. The lowest BCUT2D eigenvalue weighted by Gasteiger charge is -2.36. The number of benzene rings is 4. The number of fused-ring (bicyclic) bond motifs is 1. The van der Waals surface area contributed by atoms with Gasteiger partial charge in [0.2, 0.25) is 16.0 Å². The fraction of sp³-hybridized carbons (Fsp3) is 0.231. The van der Waals surface area contributed by atoms with E-state index in [1.807, 2.05) is 42.5 Å². The number of amides is 2. The van der Waals surface area contributed by atoms with Gasteiger partial charge in [-0.3, -0.25) is 9.59 Å². The van der Waals surface area contributed by atoms with Crippen LogP contribution in [0.4, 0.5) is 28.8 Å². The Morgan fingerprint density at radius 2 is 1.59 bits per heavy atom. The third-order valence-corrected chi connectivity index (χ3v) is 11.7. The average molecular weight is 767 g/mol. The molecule has 1 saturated heterocycles. The number of hydrogen-bond donors (Lipinski definition) is 3. The number of nitrogens with one attached hydrogen (secondary N) is 3. The summed E-state index contributed by atoms with van der Waals surface area (Å²) in [6.45, 7) is 2.76. The van der Waals surface area contributed by atoms with Crippen molar-refractivity contribution in [3.63, 3.8) is 0 Å². The SMILES string of the molecule is CNC(=O)c1ccccc1Nc1nc(Nc2ccc(N3CCN(C(=O)c4cccc(S(=O)(=O)N5CCc6ccccc6C5)c4)CC3)cc2OC)ncc1Cl. The summed E-state index contributed by atoms with van der Waals surface area (Å²) in [5.74, 6) is 0.671. The second-order valence-corrected chi connectivity index (χ2v) is 15.2.